The molecule has 0 saturated carbocycles. The molecule has 0 spiro atoms. The number of halogens is 1. The Bertz CT molecular complexity index is 904. The van der Waals surface area contributed by atoms with Gasteiger partial charge in [-0.25, -0.2) is 4.98 Å². The quantitative estimate of drug-likeness (QED) is 0.604. The van der Waals surface area contributed by atoms with Crippen LogP contribution in [0.5, 0.6) is 11.5 Å². The van der Waals surface area contributed by atoms with Crippen LogP contribution in [0, 0.1) is 12.8 Å². The maximum Gasteiger partial charge on any atom is 0.258 e. The molecule has 0 bridgehead atoms. The zero-order valence-corrected chi connectivity index (χ0v) is 16.9. The summed E-state index contributed by atoms with van der Waals surface area (Å²) in [5.41, 5.74) is 2.79. The van der Waals surface area contributed by atoms with Crippen LogP contribution in [0.3, 0.4) is 0 Å². The summed E-state index contributed by atoms with van der Waals surface area (Å²) in [6.45, 7) is 7.99. The first-order chi connectivity index (χ1) is 12.2. The molecule has 0 atom stereocenters. The van der Waals surface area contributed by atoms with Crippen LogP contribution >= 0.6 is 15.9 Å². The number of H-pyrrole nitrogens is 1. The predicted molar refractivity (Wildman–Crippen MR) is 109 cm³/mol. The van der Waals surface area contributed by atoms with E-state index >= 15 is 0 Å². The van der Waals surface area contributed by atoms with Gasteiger partial charge in [0.15, 0.2) is 11.5 Å². The second-order valence-corrected chi connectivity index (χ2v) is 7.38. The fourth-order valence-corrected chi connectivity index (χ4v) is 3.21. The number of hydrogen-bond acceptors (Lipinski definition) is 4. The molecule has 0 unspecified atom stereocenters. The Morgan fingerprint density at radius 2 is 2.00 bits per heavy atom. The van der Waals surface area contributed by atoms with E-state index in [-0.39, 0.29) is 17.1 Å². The lowest BCUT2D eigenvalue weighted by Gasteiger charge is -2.12. The van der Waals surface area contributed by atoms with Gasteiger partial charge in [-0.2, -0.15) is 0 Å². The number of benzene rings is 1. The lowest BCUT2D eigenvalue weighted by molar-refractivity contribution is 0.401. The maximum atomic E-state index is 12.6. The Kier molecular flexibility index (Phi) is 6.42. The van der Waals surface area contributed by atoms with Crippen LogP contribution in [0.25, 0.3) is 17.7 Å². The number of aromatic hydroxyl groups is 2. The van der Waals surface area contributed by atoms with Crippen molar-refractivity contribution < 1.29 is 10.2 Å². The van der Waals surface area contributed by atoms with Crippen molar-refractivity contribution in [2.24, 2.45) is 5.92 Å². The van der Waals surface area contributed by atoms with E-state index < -0.39 is 0 Å². The van der Waals surface area contributed by atoms with Gasteiger partial charge in [-0.05, 0) is 71.5 Å². The van der Waals surface area contributed by atoms with E-state index in [0.29, 0.717) is 33.0 Å². The molecule has 6 heteroatoms. The monoisotopic (exact) mass is 418 g/mol. The Morgan fingerprint density at radius 1 is 1.31 bits per heavy atom. The van der Waals surface area contributed by atoms with E-state index in [4.69, 9.17) is 0 Å². The molecular formula is C20H23BrN2O3. The van der Waals surface area contributed by atoms with Gasteiger partial charge in [0, 0.05) is 0 Å². The van der Waals surface area contributed by atoms with E-state index in [1.54, 1.807) is 18.2 Å². The van der Waals surface area contributed by atoms with Crippen molar-refractivity contribution in [2.75, 3.05) is 0 Å². The Labute approximate surface area is 161 Å². The second-order valence-electron chi connectivity index (χ2n) is 6.53. The van der Waals surface area contributed by atoms with Crippen LogP contribution in [0.2, 0.25) is 0 Å². The van der Waals surface area contributed by atoms with Gasteiger partial charge in [0.1, 0.15) is 5.82 Å². The van der Waals surface area contributed by atoms with Gasteiger partial charge in [-0.1, -0.05) is 26.0 Å². The average molecular weight is 419 g/mol. The smallest absolute Gasteiger partial charge is 0.258 e. The van der Waals surface area contributed by atoms with E-state index in [9.17, 15) is 15.0 Å². The van der Waals surface area contributed by atoms with Crippen LogP contribution in [0.1, 0.15) is 49.8 Å². The van der Waals surface area contributed by atoms with Crippen LogP contribution < -0.4 is 5.56 Å². The third kappa shape index (κ3) is 4.64. The number of nitrogens with zero attached hydrogens (tertiary/aromatic N) is 1. The number of phenols is 2. The summed E-state index contributed by atoms with van der Waals surface area (Å²) >= 11 is 3.18. The molecule has 2 rings (SSSR count). The van der Waals surface area contributed by atoms with E-state index in [0.717, 1.165) is 12.0 Å². The largest absolute Gasteiger partial charge is 0.504 e. The number of rotatable bonds is 5. The Hall–Kier alpha value is -2.34. The normalized spacial score (nSPS) is 12.3. The zero-order valence-electron chi connectivity index (χ0n) is 15.3. The predicted octanol–water partition coefficient (Wildman–Crippen LogP) is 4.87. The van der Waals surface area contributed by atoms with E-state index in [1.807, 2.05) is 19.9 Å². The molecule has 0 saturated heterocycles. The van der Waals surface area contributed by atoms with Gasteiger partial charge in [-0.3, -0.25) is 4.79 Å². The van der Waals surface area contributed by atoms with Crippen molar-refractivity contribution in [1.29, 1.82) is 0 Å². The SMILES string of the molecule is C/C=C(/CC(C)C)c1c(C)nc(/C=C/c2cc(O)c(O)c(Br)c2)[nH]c1=O. The van der Waals surface area contributed by atoms with Gasteiger partial charge in [-0.15, -0.1) is 0 Å². The lowest BCUT2D eigenvalue weighted by Crippen LogP contribution is -2.17. The molecule has 0 aliphatic heterocycles. The van der Waals surface area contributed by atoms with Crippen molar-refractivity contribution in [3.63, 3.8) is 0 Å². The molecule has 26 heavy (non-hydrogen) atoms. The highest BCUT2D eigenvalue weighted by atomic mass is 79.9. The lowest BCUT2D eigenvalue weighted by atomic mass is 9.96. The highest BCUT2D eigenvalue weighted by molar-refractivity contribution is 9.10. The number of allylic oxidation sites excluding steroid dienone is 2. The standard InChI is InChI=1S/C20H23BrN2O3/c1-5-14(8-11(2)3)18-12(4)22-17(23-20(18)26)7-6-13-9-15(21)19(25)16(24)10-13/h5-7,9-11,24-25H,8H2,1-4H3,(H,22,23,26)/b7-6+,14-5-. The summed E-state index contributed by atoms with van der Waals surface area (Å²) in [6, 6.07) is 3.09. The molecule has 0 aliphatic rings. The minimum Gasteiger partial charge on any atom is -0.504 e. The second kappa shape index (κ2) is 8.36. The highest BCUT2D eigenvalue weighted by Gasteiger charge is 2.13. The van der Waals surface area contributed by atoms with Gasteiger partial charge < -0.3 is 15.2 Å². The third-order valence-corrected chi connectivity index (χ3v) is 4.52. The Morgan fingerprint density at radius 3 is 2.54 bits per heavy atom. The van der Waals surface area contributed by atoms with Crippen molar-refractivity contribution in [2.45, 2.75) is 34.1 Å². The molecule has 0 fully saturated rings. The van der Waals surface area contributed by atoms with Crippen LogP contribution in [0.15, 0.2) is 27.5 Å². The molecule has 0 aliphatic carbocycles. The molecule has 1 aromatic heterocycles. The summed E-state index contributed by atoms with van der Waals surface area (Å²) in [7, 11) is 0. The van der Waals surface area contributed by atoms with Crippen molar-refractivity contribution in [1.82, 2.24) is 9.97 Å². The summed E-state index contributed by atoms with van der Waals surface area (Å²) in [6.07, 6.45) is 6.14. The van der Waals surface area contributed by atoms with E-state index in [1.165, 1.54) is 6.07 Å². The fourth-order valence-electron chi connectivity index (χ4n) is 2.75. The molecule has 0 amide bonds. The molecule has 1 heterocycles. The van der Waals surface area contributed by atoms with Gasteiger partial charge in [0.2, 0.25) is 0 Å². The first kappa shape index (κ1) is 20.0. The van der Waals surface area contributed by atoms with Gasteiger partial charge >= 0.3 is 0 Å². The minimum atomic E-state index is -0.224. The van der Waals surface area contributed by atoms with Crippen LogP contribution in [0.4, 0.5) is 0 Å². The average Bonchev–Trinajstić information content (AvgIpc) is 2.55. The van der Waals surface area contributed by atoms with Crippen molar-refractivity contribution in [3.05, 3.63) is 55.7 Å². The number of hydrogen-bond donors (Lipinski definition) is 3. The molecule has 0 radical (unpaired) electrons. The molecular weight excluding hydrogens is 396 g/mol. The number of aryl methyl sites for hydroxylation is 1. The van der Waals surface area contributed by atoms with Crippen LogP contribution in [-0.2, 0) is 0 Å². The molecule has 138 valence electrons. The number of aromatic amines is 1. The summed E-state index contributed by atoms with van der Waals surface area (Å²) in [4.78, 5) is 19.8. The maximum absolute atomic E-state index is 12.6. The minimum absolute atomic E-state index is 0.166. The Balaban J connectivity index is 2.37. The van der Waals surface area contributed by atoms with Crippen LogP contribution in [-0.4, -0.2) is 20.2 Å². The summed E-state index contributed by atoms with van der Waals surface area (Å²) < 4.78 is 0.386. The van der Waals surface area contributed by atoms with Gasteiger partial charge in [0.25, 0.3) is 5.56 Å². The van der Waals surface area contributed by atoms with Crippen molar-refractivity contribution >= 4 is 33.7 Å². The number of nitrogens with one attached hydrogen (secondary N) is 1. The fraction of sp³-hybridized carbons (Fsp3) is 0.300. The molecule has 5 nitrogen and oxygen atoms in total. The number of aromatic nitrogens is 2. The topological polar surface area (TPSA) is 86.2 Å². The molecule has 1 aromatic carbocycles. The third-order valence-electron chi connectivity index (χ3n) is 3.92. The molecule has 3 N–H and O–H groups in total. The van der Waals surface area contributed by atoms with Crippen molar-refractivity contribution in [3.8, 4) is 11.5 Å². The van der Waals surface area contributed by atoms with E-state index in [2.05, 4.69) is 39.7 Å². The summed E-state index contributed by atoms with van der Waals surface area (Å²) in [5.74, 6) is 0.441. The van der Waals surface area contributed by atoms with Gasteiger partial charge in [0.05, 0.1) is 15.7 Å². The zero-order chi connectivity index (χ0) is 19.4. The first-order valence-corrected chi connectivity index (χ1v) is 9.18. The molecule has 2 aromatic rings. The summed E-state index contributed by atoms with van der Waals surface area (Å²) in [5, 5.41) is 19.2. The number of phenolic OH excluding ortho intramolecular Hbond substituents is 2. The first-order valence-electron chi connectivity index (χ1n) is 8.39. The highest BCUT2D eigenvalue weighted by Crippen LogP contribution is 2.34.